The summed E-state index contributed by atoms with van der Waals surface area (Å²) in [6, 6.07) is 15.4. The van der Waals surface area contributed by atoms with Gasteiger partial charge in [0.2, 0.25) is 0 Å². The third kappa shape index (κ3) is 4.10. The zero-order chi connectivity index (χ0) is 20.3. The van der Waals surface area contributed by atoms with Crippen molar-refractivity contribution in [2.75, 3.05) is 5.32 Å². The summed E-state index contributed by atoms with van der Waals surface area (Å²) in [6.45, 7) is 0.698. The van der Waals surface area contributed by atoms with Gasteiger partial charge in [-0.1, -0.05) is 41.9 Å². The van der Waals surface area contributed by atoms with Crippen molar-refractivity contribution < 1.29 is 14.7 Å². The van der Waals surface area contributed by atoms with E-state index in [1.165, 1.54) is 6.92 Å². The minimum absolute atomic E-state index is 0.0371. The molecule has 0 radical (unpaired) electrons. The molecule has 142 valence electrons. The first-order valence-corrected chi connectivity index (χ1v) is 8.70. The number of aliphatic carboxylic acids is 1. The van der Waals surface area contributed by atoms with Crippen LogP contribution in [0.2, 0.25) is 5.02 Å². The predicted molar refractivity (Wildman–Crippen MR) is 106 cm³/mol. The highest BCUT2D eigenvalue weighted by Crippen LogP contribution is 2.27. The molecule has 0 bridgehead atoms. The molecule has 1 aromatic heterocycles. The number of hydrogen-bond donors (Lipinski definition) is 2. The van der Waals surface area contributed by atoms with Gasteiger partial charge in [0.15, 0.2) is 5.78 Å². The van der Waals surface area contributed by atoms with Gasteiger partial charge in [-0.05, 0) is 31.2 Å². The molecule has 0 aliphatic heterocycles. The lowest BCUT2D eigenvalue weighted by atomic mass is 10.0. The number of halogens is 1. The maximum absolute atomic E-state index is 12.9. The maximum Gasteiger partial charge on any atom is 0.325 e. The molecule has 2 N–H and O–H groups in total. The van der Waals surface area contributed by atoms with E-state index in [0.29, 0.717) is 16.3 Å². The third-order valence-electron chi connectivity index (χ3n) is 3.95. The fourth-order valence-electron chi connectivity index (χ4n) is 2.74. The van der Waals surface area contributed by atoms with Gasteiger partial charge in [-0.3, -0.25) is 14.4 Å². The number of carbonyl (C=O) groups excluding carboxylic acids is 1. The van der Waals surface area contributed by atoms with E-state index in [2.05, 4.69) is 10.4 Å². The van der Waals surface area contributed by atoms with Crippen molar-refractivity contribution in [2.24, 2.45) is 0 Å². The summed E-state index contributed by atoms with van der Waals surface area (Å²) in [6.07, 6.45) is 0. The van der Waals surface area contributed by atoms with Crippen LogP contribution in [0.15, 0.2) is 59.4 Å². The molecule has 3 aromatic rings. The number of anilines is 2. The van der Waals surface area contributed by atoms with Crippen LogP contribution in [-0.4, -0.2) is 26.6 Å². The second-order valence-corrected chi connectivity index (χ2v) is 6.45. The zero-order valence-corrected chi connectivity index (χ0v) is 15.6. The van der Waals surface area contributed by atoms with Gasteiger partial charge in [-0.25, -0.2) is 4.68 Å². The first-order chi connectivity index (χ1) is 13.4. The van der Waals surface area contributed by atoms with Crippen molar-refractivity contribution >= 4 is 34.7 Å². The van der Waals surface area contributed by atoms with E-state index >= 15 is 0 Å². The number of carbonyl (C=O) groups is 2. The fourth-order valence-corrected chi connectivity index (χ4v) is 2.87. The van der Waals surface area contributed by atoms with Crippen molar-refractivity contribution in [3.05, 3.63) is 75.5 Å². The highest BCUT2D eigenvalue weighted by atomic mass is 35.5. The zero-order valence-electron chi connectivity index (χ0n) is 14.8. The van der Waals surface area contributed by atoms with Crippen molar-refractivity contribution in [1.29, 1.82) is 0 Å². The average molecular weight is 398 g/mol. The average Bonchev–Trinajstić information content (AvgIpc) is 2.66. The molecular formula is C20H16ClN3O4. The minimum atomic E-state index is -1.22. The van der Waals surface area contributed by atoms with E-state index in [9.17, 15) is 14.4 Å². The molecule has 0 aliphatic carbocycles. The molecular weight excluding hydrogens is 382 g/mol. The summed E-state index contributed by atoms with van der Waals surface area (Å²) in [5.41, 5.74) is 0.687. The van der Waals surface area contributed by atoms with Gasteiger partial charge in [0.1, 0.15) is 17.9 Å². The molecule has 0 unspecified atom stereocenters. The van der Waals surface area contributed by atoms with Gasteiger partial charge in [0, 0.05) is 16.3 Å². The summed E-state index contributed by atoms with van der Waals surface area (Å²) >= 11 is 5.89. The number of nitrogens with zero attached hydrogens (tertiary/aromatic N) is 2. The van der Waals surface area contributed by atoms with E-state index in [0.717, 1.165) is 4.68 Å². The summed E-state index contributed by atoms with van der Waals surface area (Å²) in [5.74, 6) is -1.59. The fraction of sp³-hybridized carbons (Fsp3) is 0.100. The number of carboxylic acid groups (broad SMARTS) is 1. The topological polar surface area (TPSA) is 101 Å². The molecule has 0 fully saturated rings. The van der Waals surface area contributed by atoms with Crippen LogP contribution in [0.1, 0.15) is 17.3 Å². The number of carboxylic acids is 1. The molecule has 0 spiro atoms. The number of ketones is 1. The molecule has 0 atom stereocenters. The second-order valence-electron chi connectivity index (χ2n) is 6.01. The number of hydrogen-bond acceptors (Lipinski definition) is 5. The van der Waals surface area contributed by atoms with Crippen LogP contribution in [0.5, 0.6) is 0 Å². The normalized spacial score (nSPS) is 10.5. The Bertz CT molecular complexity index is 1090. The molecule has 0 saturated heterocycles. The first-order valence-electron chi connectivity index (χ1n) is 8.32. The van der Waals surface area contributed by atoms with E-state index in [-0.39, 0.29) is 22.7 Å². The summed E-state index contributed by atoms with van der Waals surface area (Å²) in [4.78, 5) is 36.5. The van der Waals surface area contributed by atoms with E-state index in [1.807, 2.05) is 0 Å². The largest absolute Gasteiger partial charge is 0.480 e. The lowest BCUT2D eigenvalue weighted by Gasteiger charge is -2.16. The Morgan fingerprint density at radius 3 is 2.32 bits per heavy atom. The van der Waals surface area contributed by atoms with Gasteiger partial charge >= 0.3 is 5.97 Å². The molecule has 3 rings (SSSR count). The van der Waals surface area contributed by atoms with Crippen molar-refractivity contribution in [3.8, 4) is 11.3 Å². The minimum Gasteiger partial charge on any atom is -0.480 e. The third-order valence-corrected chi connectivity index (χ3v) is 4.21. The van der Waals surface area contributed by atoms with Crippen LogP contribution in [0, 0.1) is 0 Å². The molecule has 1 heterocycles. The Morgan fingerprint density at radius 1 is 1.11 bits per heavy atom. The quantitative estimate of drug-likeness (QED) is 0.616. The second kappa shape index (κ2) is 8.06. The van der Waals surface area contributed by atoms with Gasteiger partial charge in [0.25, 0.3) is 5.56 Å². The van der Waals surface area contributed by atoms with Gasteiger partial charge in [-0.15, -0.1) is 0 Å². The van der Waals surface area contributed by atoms with Crippen LogP contribution < -0.4 is 10.9 Å². The molecule has 7 nitrogen and oxygen atoms in total. The number of benzene rings is 2. The Hall–Kier alpha value is -3.45. The van der Waals surface area contributed by atoms with Crippen molar-refractivity contribution in [1.82, 2.24) is 9.78 Å². The highest BCUT2D eigenvalue weighted by Gasteiger charge is 2.23. The van der Waals surface area contributed by atoms with Crippen molar-refractivity contribution in [3.63, 3.8) is 0 Å². The van der Waals surface area contributed by atoms with Crippen molar-refractivity contribution in [2.45, 2.75) is 13.5 Å². The molecule has 28 heavy (non-hydrogen) atoms. The van der Waals surface area contributed by atoms with Crippen LogP contribution in [-0.2, 0) is 11.3 Å². The summed E-state index contributed by atoms with van der Waals surface area (Å²) in [5, 5.41) is 16.7. The van der Waals surface area contributed by atoms with Crippen LogP contribution >= 0.6 is 11.6 Å². The number of rotatable bonds is 6. The predicted octanol–water partition coefficient (Wildman–Crippen LogP) is 3.59. The maximum atomic E-state index is 12.9. The Morgan fingerprint density at radius 2 is 1.75 bits per heavy atom. The first kappa shape index (κ1) is 19.3. The molecule has 0 amide bonds. The molecule has 2 aromatic carbocycles. The highest BCUT2D eigenvalue weighted by molar-refractivity contribution is 6.30. The van der Waals surface area contributed by atoms with Gasteiger partial charge in [0.05, 0.1) is 5.56 Å². The Balaban J connectivity index is 2.27. The number of Topliss-reactive ketones (excluding diaryl/α,β-unsaturated/α-hetero) is 1. The van der Waals surface area contributed by atoms with Gasteiger partial charge < -0.3 is 10.4 Å². The SMILES string of the molecule is CC(=O)c1c(-c2ccccc2)nn(CC(=O)O)c(=O)c1Nc1ccc(Cl)cc1. The lowest BCUT2D eigenvalue weighted by molar-refractivity contribution is -0.137. The summed E-state index contributed by atoms with van der Waals surface area (Å²) < 4.78 is 0.829. The van der Waals surface area contributed by atoms with Gasteiger partial charge in [-0.2, -0.15) is 5.10 Å². The molecule has 0 saturated carbocycles. The monoisotopic (exact) mass is 397 g/mol. The van der Waals surface area contributed by atoms with E-state index in [4.69, 9.17) is 16.7 Å². The smallest absolute Gasteiger partial charge is 0.325 e. The van der Waals surface area contributed by atoms with Crippen LogP contribution in [0.25, 0.3) is 11.3 Å². The van der Waals surface area contributed by atoms with Crippen LogP contribution in [0.4, 0.5) is 11.4 Å². The molecule has 0 aliphatic rings. The Labute approximate surface area is 165 Å². The standard InChI is InChI=1S/C20H16ClN3O4/c1-12(25)17-18(13-5-3-2-4-6-13)23-24(11-16(26)27)20(28)19(17)22-15-9-7-14(21)8-10-15/h2-10,22H,11H2,1H3,(H,26,27). The molecule has 8 heteroatoms. The lowest BCUT2D eigenvalue weighted by Crippen LogP contribution is -2.31. The van der Waals surface area contributed by atoms with Crippen LogP contribution in [0.3, 0.4) is 0 Å². The summed E-state index contributed by atoms with van der Waals surface area (Å²) in [7, 11) is 0. The number of nitrogens with one attached hydrogen (secondary N) is 1. The van der Waals surface area contributed by atoms with E-state index in [1.54, 1.807) is 54.6 Å². The number of aromatic nitrogens is 2. The Kier molecular flexibility index (Phi) is 5.56. The van der Waals surface area contributed by atoms with E-state index < -0.39 is 18.1 Å².